The van der Waals surface area contributed by atoms with Crippen LogP contribution in [-0.2, 0) is 19.7 Å². The zero-order valence-corrected chi connectivity index (χ0v) is 16.5. The van der Waals surface area contributed by atoms with E-state index in [1.165, 1.54) is 0 Å². The number of aryl methyl sites for hydroxylation is 2. The fourth-order valence-electron chi connectivity index (χ4n) is 3.96. The number of hydrogen-bond donors (Lipinski definition) is 0. The molecule has 0 aliphatic carbocycles. The van der Waals surface area contributed by atoms with E-state index in [0.29, 0.717) is 11.3 Å². The molecule has 0 N–H and O–H groups in total. The SMILES string of the molecule is COc1cc(C)c(S(=O)(=O)[C@H]2CS(=O)(=O)C[C@@H]2N2CCCC2)cc1C. The molecule has 0 aromatic heterocycles. The van der Waals surface area contributed by atoms with Crippen molar-refractivity contribution in [3.63, 3.8) is 0 Å². The number of sulfone groups is 2. The van der Waals surface area contributed by atoms with Crippen molar-refractivity contribution in [2.24, 2.45) is 0 Å². The van der Waals surface area contributed by atoms with Gasteiger partial charge in [-0.15, -0.1) is 0 Å². The van der Waals surface area contributed by atoms with Crippen molar-refractivity contribution < 1.29 is 21.6 Å². The number of nitrogens with zero attached hydrogens (tertiary/aromatic N) is 1. The summed E-state index contributed by atoms with van der Waals surface area (Å²) in [5.41, 5.74) is 1.32. The molecular weight excluding hydrogens is 362 g/mol. The largest absolute Gasteiger partial charge is 0.496 e. The monoisotopic (exact) mass is 387 g/mol. The van der Waals surface area contributed by atoms with Crippen LogP contribution in [0.25, 0.3) is 0 Å². The van der Waals surface area contributed by atoms with E-state index in [1.807, 2.05) is 4.90 Å². The maximum atomic E-state index is 13.3. The van der Waals surface area contributed by atoms with Crippen molar-refractivity contribution >= 4 is 19.7 Å². The first-order valence-corrected chi connectivity index (χ1v) is 11.9. The normalized spacial score (nSPS) is 26.8. The van der Waals surface area contributed by atoms with E-state index in [1.54, 1.807) is 33.1 Å². The van der Waals surface area contributed by atoms with Gasteiger partial charge in [0, 0.05) is 6.04 Å². The van der Waals surface area contributed by atoms with Gasteiger partial charge in [0.05, 0.1) is 28.8 Å². The molecule has 2 aliphatic heterocycles. The number of benzene rings is 1. The van der Waals surface area contributed by atoms with Crippen molar-refractivity contribution in [3.8, 4) is 5.75 Å². The van der Waals surface area contributed by atoms with Gasteiger partial charge in [-0.3, -0.25) is 4.90 Å². The molecule has 3 rings (SSSR count). The molecular formula is C17H25NO5S2. The summed E-state index contributed by atoms with van der Waals surface area (Å²) in [4.78, 5) is 2.26. The van der Waals surface area contributed by atoms with E-state index in [9.17, 15) is 16.8 Å². The van der Waals surface area contributed by atoms with Crippen LogP contribution >= 0.6 is 0 Å². The maximum absolute atomic E-state index is 13.3. The van der Waals surface area contributed by atoms with Gasteiger partial charge < -0.3 is 4.74 Å². The third-order valence-corrected chi connectivity index (χ3v) is 9.54. The Balaban J connectivity index is 2.04. The molecule has 8 heteroatoms. The summed E-state index contributed by atoms with van der Waals surface area (Å²) in [6.07, 6.45) is 1.98. The second kappa shape index (κ2) is 6.55. The molecule has 1 aromatic carbocycles. The summed E-state index contributed by atoms with van der Waals surface area (Å²) in [7, 11) is -5.56. The van der Waals surface area contributed by atoms with E-state index >= 15 is 0 Å². The predicted molar refractivity (Wildman–Crippen MR) is 96.7 cm³/mol. The molecule has 140 valence electrons. The smallest absolute Gasteiger partial charge is 0.184 e. The minimum atomic E-state index is -3.75. The van der Waals surface area contributed by atoms with Crippen molar-refractivity contribution in [2.45, 2.75) is 42.9 Å². The number of ether oxygens (including phenoxy) is 1. The highest BCUT2D eigenvalue weighted by Crippen LogP contribution is 2.34. The van der Waals surface area contributed by atoms with Gasteiger partial charge in [-0.1, -0.05) is 0 Å². The van der Waals surface area contributed by atoms with Gasteiger partial charge in [0.25, 0.3) is 0 Å². The third kappa shape index (κ3) is 3.44. The minimum absolute atomic E-state index is 0.0644. The van der Waals surface area contributed by atoms with E-state index in [4.69, 9.17) is 4.74 Å². The van der Waals surface area contributed by atoms with Gasteiger partial charge in [0.1, 0.15) is 5.75 Å². The molecule has 25 heavy (non-hydrogen) atoms. The summed E-state index contributed by atoms with van der Waals surface area (Å²) >= 11 is 0. The number of hydrogen-bond acceptors (Lipinski definition) is 6. The van der Waals surface area contributed by atoms with Crippen LogP contribution in [0.5, 0.6) is 5.75 Å². The topological polar surface area (TPSA) is 80.8 Å². The van der Waals surface area contributed by atoms with Crippen molar-refractivity contribution in [2.75, 3.05) is 31.7 Å². The molecule has 2 atom stereocenters. The van der Waals surface area contributed by atoms with Gasteiger partial charge in [-0.2, -0.15) is 0 Å². The number of rotatable bonds is 4. The van der Waals surface area contributed by atoms with Crippen LogP contribution in [0.15, 0.2) is 17.0 Å². The van der Waals surface area contributed by atoms with E-state index in [-0.39, 0.29) is 16.4 Å². The van der Waals surface area contributed by atoms with E-state index in [2.05, 4.69) is 0 Å². The molecule has 2 heterocycles. The van der Waals surface area contributed by atoms with Crippen LogP contribution < -0.4 is 4.74 Å². The Labute approximate surface area is 150 Å². The fourth-order valence-corrected chi connectivity index (χ4v) is 9.10. The molecule has 0 amide bonds. The van der Waals surface area contributed by atoms with E-state index in [0.717, 1.165) is 31.5 Å². The van der Waals surface area contributed by atoms with Crippen LogP contribution in [0.1, 0.15) is 24.0 Å². The highest BCUT2D eigenvalue weighted by atomic mass is 32.2. The van der Waals surface area contributed by atoms with Crippen LogP contribution in [0.4, 0.5) is 0 Å². The zero-order valence-electron chi connectivity index (χ0n) is 14.9. The summed E-state index contributed by atoms with van der Waals surface area (Å²) < 4.78 is 56.4. The molecule has 1 aromatic rings. The second-order valence-corrected chi connectivity index (χ2v) is 11.3. The van der Waals surface area contributed by atoms with Gasteiger partial charge in [0.2, 0.25) is 0 Å². The predicted octanol–water partition coefficient (Wildman–Crippen LogP) is 1.35. The van der Waals surface area contributed by atoms with Crippen molar-refractivity contribution in [1.29, 1.82) is 0 Å². The Hall–Kier alpha value is -1.12. The van der Waals surface area contributed by atoms with Crippen LogP contribution in [0, 0.1) is 13.8 Å². The molecule has 0 spiro atoms. The first-order chi connectivity index (χ1) is 11.7. The number of methoxy groups -OCH3 is 1. The van der Waals surface area contributed by atoms with Crippen molar-refractivity contribution in [1.82, 2.24) is 4.90 Å². The Morgan fingerprint density at radius 1 is 1.08 bits per heavy atom. The first kappa shape index (κ1) is 18.7. The lowest BCUT2D eigenvalue weighted by molar-refractivity contribution is 0.264. The quantitative estimate of drug-likeness (QED) is 0.776. The Bertz CT molecular complexity index is 871. The number of likely N-dealkylation sites (tertiary alicyclic amines) is 1. The lowest BCUT2D eigenvalue weighted by Gasteiger charge is -2.28. The average molecular weight is 388 g/mol. The summed E-state index contributed by atoms with van der Waals surface area (Å²) in [5.74, 6) is 0.276. The summed E-state index contributed by atoms with van der Waals surface area (Å²) in [5, 5.41) is -0.901. The molecule has 2 saturated heterocycles. The zero-order chi connectivity index (χ0) is 18.4. The second-order valence-electron chi connectivity index (χ2n) is 7.06. The lowest BCUT2D eigenvalue weighted by atomic mass is 10.1. The lowest BCUT2D eigenvalue weighted by Crippen LogP contribution is -2.45. The maximum Gasteiger partial charge on any atom is 0.184 e. The highest BCUT2D eigenvalue weighted by molar-refractivity contribution is 7.96. The molecule has 0 unspecified atom stereocenters. The van der Waals surface area contributed by atoms with Crippen LogP contribution in [-0.4, -0.2) is 64.7 Å². The standard InChI is InChI=1S/C17H25NO5S2/c1-12-9-16(13(2)8-15(12)23-3)25(21,22)17-11-24(19,20)10-14(17)18-6-4-5-7-18/h8-9,14,17H,4-7,10-11H2,1-3H3/t14-,17-/m0/s1. The first-order valence-electron chi connectivity index (χ1n) is 8.49. The molecule has 2 aliphatic rings. The molecule has 0 radical (unpaired) electrons. The molecule has 0 bridgehead atoms. The molecule has 2 fully saturated rings. The third-order valence-electron chi connectivity index (χ3n) is 5.28. The van der Waals surface area contributed by atoms with E-state index < -0.39 is 31.0 Å². The van der Waals surface area contributed by atoms with Crippen molar-refractivity contribution in [3.05, 3.63) is 23.3 Å². The highest BCUT2D eigenvalue weighted by Gasteiger charge is 2.48. The van der Waals surface area contributed by atoms with Gasteiger partial charge in [-0.25, -0.2) is 16.8 Å². The average Bonchev–Trinajstić information content (AvgIpc) is 3.16. The Morgan fingerprint density at radius 3 is 2.32 bits per heavy atom. The summed E-state index contributed by atoms with van der Waals surface area (Å²) in [6.45, 7) is 5.06. The minimum Gasteiger partial charge on any atom is -0.496 e. The Kier molecular flexibility index (Phi) is 4.89. The van der Waals surface area contributed by atoms with Gasteiger partial charge in [0.15, 0.2) is 19.7 Å². The van der Waals surface area contributed by atoms with Gasteiger partial charge >= 0.3 is 0 Å². The molecule has 0 saturated carbocycles. The summed E-state index contributed by atoms with van der Waals surface area (Å²) in [6, 6.07) is 2.87. The molecule has 6 nitrogen and oxygen atoms in total. The van der Waals surface area contributed by atoms with Gasteiger partial charge in [-0.05, 0) is 63.0 Å². The van der Waals surface area contributed by atoms with Crippen LogP contribution in [0.2, 0.25) is 0 Å². The van der Waals surface area contributed by atoms with Crippen LogP contribution in [0.3, 0.4) is 0 Å². The fraction of sp³-hybridized carbons (Fsp3) is 0.647. The Morgan fingerprint density at radius 2 is 1.72 bits per heavy atom.